The second-order valence-corrected chi connectivity index (χ2v) is 5.22. The predicted molar refractivity (Wildman–Crippen MR) is 69.4 cm³/mol. The number of carbonyl (C=O) groups excluding carboxylic acids is 1. The minimum atomic E-state index is 0.101. The van der Waals surface area contributed by atoms with Crippen LogP contribution in [0.15, 0.2) is 22.8 Å². The third-order valence-electron chi connectivity index (χ3n) is 4.11. The maximum Gasteiger partial charge on any atom is 0.184 e. The van der Waals surface area contributed by atoms with E-state index in [0.717, 1.165) is 30.4 Å². The summed E-state index contributed by atoms with van der Waals surface area (Å²) in [5, 5.41) is 0. The van der Waals surface area contributed by atoms with Gasteiger partial charge in [0.2, 0.25) is 0 Å². The number of hydrogen-bond donors (Lipinski definition) is 0. The van der Waals surface area contributed by atoms with E-state index in [-0.39, 0.29) is 11.2 Å². The summed E-state index contributed by atoms with van der Waals surface area (Å²) in [4.78, 5) is 12.4. The van der Waals surface area contributed by atoms with Crippen molar-refractivity contribution in [3.05, 3.63) is 22.8 Å². The van der Waals surface area contributed by atoms with E-state index in [4.69, 9.17) is 0 Å². The number of hydrogen-bond acceptors (Lipinski definition) is 1. The first-order chi connectivity index (χ1) is 7.46. The zero-order valence-corrected chi connectivity index (χ0v) is 11.3. The van der Waals surface area contributed by atoms with Crippen molar-refractivity contribution in [3.63, 3.8) is 0 Å². The Bertz CT molecular complexity index is 346. The minimum Gasteiger partial charge on any atom is -0.289 e. The molecule has 1 aliphatic carbocycles. The maximum atomic E-state index is 12.4. The number of allylic oxidation sites excluding steroid dienone is 4. The molecule has 0 heterocycles. The molecule has 1 atom stereocenters. The van der Waals surface area contributed by atoms with Crippen molar-refractivity contribution in [2.45, 2.75) is 60.3 Å². The average Bonchev–Trinajstić information content (AvgIpc) is 2.27. The smallest absolute Gasteiger partial charge is 0.184 e. The molecule has 0 N–H and O–H groups in total. The third kappa shape index (κ3) is 2.28. The van der Waals surface area contributed by atoms with Crippen LogP contribution in [0.3, 0.4) is 0 Å². The summed E-state index contributed by atoms with van der Waals surface area (Å²) in [6.07, 6.45) is 6.45. The van der Waals surface area contributed by atoms with Gasteiger partial charge in [-0.1, -0.05) is 25.5 Å². The van der Waals surface area contributed by atoms with Crippen molar-refractivity contribution in [1.82, 2.24) is 0 Å². The van der Waals surface area contributed by atoms with E-state index in [1.807, 2.05) is 19.9 Å². The number of ketones is 1. The number of rotatable bonds is 3. The molecule has 0 radical (unpaired) electrons. The second-order valence-electron chi connectivity index (χ2n) is 5.22. The minimum absolute atomic E-state index is 0.101. The molecule has 0 aliphatic heterocycles. The lowest BCUT2D eigenvalue weighted by Crippen LogP contribution is -2.28. The molecule has 90 valence electrons. The quantitative estimate of drug-likeness (QED) is 0.643. The molecule has 0 aromatic heterocycles. The summed E-state index contributed by atoms with van der Waals surface area (Å²) in [6.45, 7) is 10.4. The Kier molecular flexibility index (Phi) is 4.12. The summed E-state index contributed by atoms with van der Waals surface area (Å²) in [5.41, 5.74) is 3.39. The molecule has 0 saturated heterocycles. The van der Waals surface area contributed by atoms with E-state index in [1.54, 1.807) is 0 Å². The van der Waals surface area contributed by atoms with Crippen LogP contribution in [-0.2, 0) is 4.79 Å². The first kappa shape index (κ1) is 13.2. The van der Waals surface area contributed by atoms with Gasteiger partial charge in [0, 0.05) is 5.57 Å². The summed E-state index contributed by atoms with van der Waals surface area (Å²) < 4.78 is 0. The van der Waals surface area contributed by atoms with E-state index >= 15 is 0 Å². The second kappa shape index (κ2) is 4.99. The van der Waals surface area contributed by atoms with Gasteiger partial charge in [0.15, 0.2) is 5.78 Å². The van der Waals surface area contributed by atoms with Crippen molar-refractivity contribution >= 4 is 5.78 Å². The van der Waals surface area contributed by atoms with Crippen LogP contribution in [0.4, 0.5) is 0 Å². The Balaban J connectivity index is 3.20. The zero-order chi connectivity index (χ0) is 12.3. The molecule has 1 unspecified atom stereocenters. The number of Topliss-reactive ketones (excluding diaryl/α,β-unsaturated/α-hetero) is 1. The van der Waals surface area contributed by atoms with E-state index in [0.29, 0.717) is 0 Å². The molecule has 0 aromatic rings. The van der Waals surface area contributed by atoms with Gasteiger partial charge in [-0.15, -0.1) is 0 Å². The Morgan fingerprint density at radius 3 is 2.62 bits per heavy atom. The van der Waals surface area contributed by atoms with Gasteiger partial charge >= 0.3 is 0 Å². The van der Waals surface area contributed by atoms with Crippen LogP contribution in [-0.4, -0.2) is 5.78 Å². The Labute approximate surface area is 99.6 Å². The summed E-state index contributed by atoms with van der Waals surface area (Å²) >= 11 is 0. The van der Waals surface area contributed by atoms with E-state index in [1.165, 1.54) is 12.0 Å². The Hall–Kier alpha value is -0.850. The molecule has 0 amide bonds. The topological polar surface area (TPSA) is 17.1 Å². The third-order valence-corrected chi connectivity index (χ3v) is 4.11. The van der Waals surface area contributed by atoms with E-state index in [2.05, 4.69) is 20.8 Å². The summed E-state index contributed by atoms with van der Waals surface area (Å²) in [6, 6.07) is 0. The fraction of sp³-hybridized carbons (Fsp3) is 0.667. The predicted octanol–water partition coefficient (Wildman–Crippen LogP) is 4.44. The van der Waals surface area contributed by atoms with Crippen LogP contribution in [0.5, 0.6) is 0 Å². The SMILES string of the molecule is C/C=C(\C)C(=O)C1=C(C)CCCC1(C)CC. The van der Waals surface area contributed by atoms with Gasteiger partial charge < -0.3 is 0 Å². The molecule has 0 spiro atoms. The molecular weight excluding hydrogens is 196 g/mol. The van der Waals surface area contributed by atoms with Crippen LogP contribution in [0.2, 0.25) is 0 Å². The Morgan fingerprint density at radius 1 is 1.50 bits per heavy atom. The molecule has 0 saturated carbocycles. The highest BCUT2D eigenvalue weighted by Gasteiger charge is 2.35. The van der Waals surface area contributed by atoms with Gasteiger partial charge in [-0.2, -0.15) is 0 Å². The zero-order valence-electron chi connectivity index (χ0n) is 11.3. The lowest BCUT2D eigenvalue weighted by molar-refractivity contribution is -0.113. The standard InChI is InChI=1S/C15H24O/c1-6-11(3)14(16)13-12(4)9-8-10-15(13,5)7-2/h6H,7-10H2,1-5H3/b11-6+. The first-order valence-electron chi connectivity index (χ1n) is 6.34. The summed E-state index contributed by atoms with van der Waals surface area (Å²) in [5.74, 6) is 0.268. The molecule has 0 fully saturated rings. The lowest BCUT2D eigenvalue weighted by Gasteiger charge is -2.36. The van der Waals surface area contributed by atoms with Crippen molar-refractivity contribution in [1.29, 1.82) is 0 Å². The highest BCUT2D eigenvalue weighted by atomic mass is 16.1. The normalized spacial score (nSPS) is 27.2. The average molecular weight is 220 g/mol. The summed E-state index contributed by atoms with van der Waals surface area (Å²) in [7, 11) is 0. The van der Waals surface area contributed by atoms with E-state index < -0.39 is 0 Å². The molecule has 1 aliphatic rings. The van der Waals surface area contributed by atoms with Gasteiger partial charge in [0.1, 0.15) is 0 Å². The molecule has 0 aromatic carbocycles. The maximum absolute atomic E-state index is 12.4. The van der Waals surface area contributed by atoms with Gasteiger partial charge in [-0.3, -0.25) is 4.79 Å². The van der Waals surface area contributed by atoms with Crippen molar-refractivity contribution in [2.24, 2.45) is 5.41 Å². The molecule has 0 bridgehead atoms. The van der Waals surface area contributed by atoms with Gasteiger partial charge in [0.05, 0.1) is 0 Å². The van der Waals surface area contributed by atoms with Crippen LogP contribution in [0.25, 0.3) is 0 Å². The van der Waals surface area contributed by atoms with E-state index in [9.17, 15) is 4.79 Å². The molecule has 1 nitrogen and oxygen atoms in total. The van der Waals surface area contributed by atoms with Crippen molar-refractivity contribution < 1.29 is 4.79 Å². The van der Waals surface area contributed by atoms with Gasteiger partial charge in [-0.25, -0.2) is 0 Å². The molecular formula is C15H24O. The highest BCUT2D eigenvalue weighted by molar-refractivity contribution is 6.09. The van der Waals surface area contributed by atoms with Crippen molar-refractivity contribution in [2.75, 3.05) is 0 Å². The van der Waals surface area contributed by atoms with Gasteiger partial charge in [0.25, 0.3) is 0 Å². The monoisotopic (exact) mass is 220 g/mol. The van der Waals surface area contributed by atoms with Crippen molar-refractivity contribution in [3.8, 4) is 0 Å². The van der Waals surface area contributed by atoms with Crippen LogP contribution < -0.4 is 0 Å². The first-order valence-corrected chi connectivity index (χ1v) is 6.34. The number of carbonyl (C=O) groups is 1. The van der Waals surface area contributed by atoms with Crippen LogP contribution in [0, 0.1) is 5.41 Å². The van der Waals surface area contributed by atoms with Crippen LogP contribution in [0.1, 0.15) is 60.3 Å². The lowest BCUT2D eigenvalue weighted by atomic mass is 9.67. The van der Waals surface area contributed by atoms with Crippen LogP contribution >= 0.6 is 0 Å². The highest BCUT2D eigenvalue weighted by Crippen LogP contribution is 2.44. The Morgan fingerprint density at radius 2 is 2.12 bits per heavy atom. The molecule has 1 rings (SSSR count). The fourth-order valence-corrected chi connectivity index (χ4v) is 2.66. The molecule has 16 heavy (non-hydrogen) atoms. The fourth-order valence-electron chi connectivity index (χ4n) is 2.66. The largest absolute Gasteiger partial charge is 0.289 e. The van der Waals surface area contributed by atoms with Gasteiger partial charge in [-0.05, 0) is 57.4 Å². The molecule has 1 heteroatoms.